The third-order valence-electron chi connectivity index (χ3n) is 3.99. The fourth-order valence-corrected chi connectivity index (χ4v) is 2.52. The van der Waals surface area contributed by atoms with Crippen molar-refractivity contribution in [2.24, 2.45) is 0 Å². The molecule has 144 valence electrons. The number of nitrogens with one attached hydrogen (secondary N) is 1. The highest BCUT2D eigenvalue weighted by molar-refractivity contribution is 5.92. The van der Waals surface area contributed by atoms with Crippen molar-refractivity contribution in [1.29, 1.82) is 0 Å². The molecule has 6 heteroatoms. The number of amides is 1. The maximum atomic E-state index is 13.6. The molecule has 0 aliphatic rings. The van der Waals surface area contributed by atoms with Gasteiger partial charge in [-0.15, -0.1) is 0 Å². The lowest BCUT2D eigenvalue weighted by molar-refractivity contribution is -0.146. The molecule has 27 heavy (non-hydrogen) atoms. The van der Waals surface area contributed by atoms with Crippen molar-refractivity contribution in [3.63, 3.8) is 0 Å². The van der Waals surface area contributed by atoms with Crippen molar-refractivity contribution < 1.29 is 23.5 Å². The number of anilines is 1. The second kappa shape index (κ2) is 10.3. The highest BCUT2D eigenvalue weighted by Gasteiger charge is 2.11. The minimum absolute atomic E-state index is 0.104. The Morgan fingerprint density at radius 3 is 2.41 bits per heavy atom. The summed E-state index contributed by atoms with van der Waals surface area (Å²) in [6.07, 6.45) is 3.14. The van der Waals surface area contributed by atoms with Gasteiger partial charge in [0.05, 0.1) is 13.5 Å². The van der Waals surface area contributed by atoms with Gasteiger partial charge >= 0.3 is 5.97 Å². The number of rotatable bonds is 9. The summed E-state index contributed by atoms with van der Waals surface area (Å²) < 4.78 is 23.4. The minimum atomic E-state index is -0.607. The molecule has 0 heterocycles. The number of methoxy groups -OCH3 is 1. The smallest absolute Gasteiger partial charge is 0.310 e. The van der Waals surface area contributed by atoms with Crippen molar-refractivity contribution in [3.05, 3.63) is 59.4 Å². The predicted molar refractivity (Wildman–Crippen MR) is 101 cm³/mol. The lowest BCUT2D eigenvalue weighted by Crippen LogP contribution is -2.21. The number of esters is 1. The summed E-state index contributed by atoms with van der Waals surface area (Å²) in [6.45, 7) is 1.75. The Labute approximate surface area is 158 Å². The van der Waals surface area contributed by atoms with E-state index in [-0.39, 0.29) is 12.2 Å². The van der Waals surface area contributed by atoms with Crippen LogP contribution in [0.5, 0.6) is 5.75 Å². The Balaban J connectivity index is 1.77. The lowest BCUT2D eigenvalue weighted by atomic mass is 10.1. The molecule has 0 aromatic heterocycles. The molecule has 0 aliphatic carbocycles. The highest BCUT2D eigenvalue weighted by atomic mass is 19.1. The number of halogens is 1. The predicted octanol–water partition coefficient (Wildman–Crippen LogP) is 3.90. The Morgan fingerprint density at radius 1 is 1.07 bits per heavy atom. The van der Waals surface area contributed by atoms with Gasteiger partial charge < -0.3 is 14.8 Å². The van der Waals surface area contributed by atoms with Gasteiger partial charge in [0.1, 0.15) is 0 Å². The fraction of sp³-hybridized carbons (Fsp3) is 0.333. The van der Waals surface area contributed by atoms with Crippen LogP contribution in [0.1, 0.15) is 30.9 Å². The van der Waals surface area contributed by atoms with E-state index < -0.39 is 24.3 Å². The van der Waals surface area contributed by atoms with Crippen LogP contribution in [-0.2, 0) is 27.2 Å². The zero-order valence-electron chi connectivity index (χ0n) is 15.6. The first-order valence-corrected chi connectivity index (χ1v) is 8.88. The zero-order valence-corrected chi connectivity index (χ0v) is 15.6. The quantitative estimate of drug-likeness (QED) is 0.677. The third kappa shape index (κ3) is 6.73. The van der Waals surface area contributed by atoms with Gasteiger partial charge in [0.2, 0.25) is 0 Å². The van der Waals surface area contributed by atoms with Crippen LogP contribution in [0, 0.1) is 5.82 Å². The molecule has 0 spiro atoms. The van der Waals surface area contributed by atoms with E-state index in [9.17, 15) is 14.0 Å². The molecular formula is C21H24FNO4. The maximum Gasteiger partial charge on any atom is 0.310 e. The van der Waals surface area contributed by atoms with Gasteiger partial charge in [0, 0.05) is 5.69 Å². The molecule has 0 atom stereocenters. The standard InChI is InChI=1S/C21H24FNO4/c1-3-4-5-15-6-9-17(10-7-15)23-20(24)14-27-21(25)13-16-8-11-19(26-2)18(22)12-16/h6-12H,3-5,13-14H2,1-2H3,(H,23,24). The average molecular weight is 373 g/mol. The number of hydrogen-bond acceptors (Lipinski definition) is 4. The zero-order chi connectivity index (χ0) is 19.6. The molecule has 0 saturated heterocycles. The van der Waals surface area contributed by atoms with E-state index >= 15 is 0 Å². The number of hydrogen-bond donors (Lipinski definition) is 1. The monoisotopic (exact) mass is 373 g/mol. The molecule has 0 unspecified atom stereocenters. The van der Waals surface area contributed by atoms with Gasteiger partial charge in [-0.25, -0.2) is 4.39 Å². The molecule has 0 aliphatic heterocycles. The lowest BCUT2D eigenvalue weighted by Gasteiger charge is -2.08. The van der Waals surface area contributed by atoms with Gasteiger partial charge in [-0.1, -0.05) is 31.5 Å². The van der Waals surface area contributed by atoms with E-state index in [1.807, 2.05) is 24.3 Å². The molecule has 2 aromatic rings. The molecule has 0 bridgehead atoms. The number of carbonyl (C=O) groups is 2. The average Bonchev–Trinajstić information content (AvgIpc) is 2.66. The van der Waals surface area contributed by atoms with E-state index in [1.54, 1.807) is 6.07 Å². The Hall–Kier alpha value is -2.89. The molecule has 0 saturated carbocycles. The summed E-state index contributed by atoms with van der Waals surface area (Å²) in [5.41, 5.74) is 2.31. The molecular weight excluding hydrogens is 349 g/mol. The van der Waals surface area contributed by atoms with Gasteiger partial charge in [0.25, 0.3) is 5.91 Å². The van der Waals surface area contributed by atoms with Crippen LogP contribution in [0.2, 0.25) is 0 Å². The maximum absolute atomic E-state index is 13.6. The summed E-state index contributed by atoms with van der Waals surface area (Å²) in [5.74, 6) is -1.48. The molecule has 1 amide bonds. The summed E-state index contributed by atoms with van der Waals surface area (Å²) in [4.78, 5) is 23.7. The summed E-state index contributed by atoms with van der Waals surface area (Å²) >= 11 is 0. The Bertz CT molecular complexity index is 774. The SMILES string of the molecule is CCCCc1ccc(NC(=O)COC(=O)Cc2ccc(OC)c(F)c2)cc1. The minimum Gasteiger partial charge on any atom is -0.494 e. The Kier molecular flexibility index (Phi) is 7.79. The number of unbranched alkanes of at least 4 members (excludes halogenated alkanes) is 1. The normalized spacial score (nSPS) is 10.3. The van der Waals surface area contributed by atoms with Gasteiger partial charge in [0.15, 0.2) is 18.2 Å². The van der Waals surface area contributed by atoms with Crippen LogP contribution in [-0.4, -0.2) is 25.6 Å². The number of aryl methyl sites for hydroxylation is 1. The van der Waals surface area contributed by atoms with Crippen molar-refractivity contribution >= 4 is 17.6 Å². The van der Waals surface area contributed by atoms with E-state index in [0.29, 0.717) is 11.3 Å². The summed E-state index contributed by atoms with van der Waals surface area (Å²) in [5, 5.41) is 2.68. The van der Waals surface area contributed by atoms with E-state index in [2.05, 4.69) is 12.2 Å². The van der Waals surface area contributed by atoms with Crippen molar-refractivity contribution in [2.75, 3.05) is 19.0 Å². The first-order chi connectivity index (χ1) is 13.0. The summed E-state index contributed by atoms with van der Waals surface area (Å²) in [6, 6.07) is 11.8. The van der Waals surface area contributed by atoms with Crippen LogP contribution < -0.4 is 10.1 Å². The molecule has 1 N–H and O–H groups in total. The van der Waals surface area contributed by atoms with Crippen molar-refractivity contribution in [3.8, 4) is 5.75 Å². The fourth-order valence-electron chi connectivity index (χ4n) is 2.52. The number of ether oxygens (including phenoxy) is 2. The van der Waals surface area contributed by atoms with Crippen molar-refractivity contribution in [1.82, 2.24) is 0 Å². The number of carbonyl (C=O) groups excluding carboxylic acids is 2. The van der Waals surface area contributed by atoms with Gasteiger partial charge in [-0.05, 0) is 48.2 Å². The van der Waals surface area contributed by atoms with Crippen LogP contribution in [0.25, 0.3) is 0 Å². The van der Waals surface area contributed by atoms with Gasteiger partial charge in [-0.3, -0.25) is 9.59 Å². The van der Waals surface area contributed by atoms with Gasteiger partial charge in [-0.2, -0.15) is 0 Å². The van der Waals surface area contributed by atoms with E-state index in [4.69, 9.17) is 9.47 Å². The summed E-state index contributed by atoms with van der Waals surface area (Å²) in [7, 11) is 1.36. The largest absolute Gasteiger partial charge is 0.494 e. The molecule has 0 radical (unpaired) electrons. The third-order valence-corrected chi connectivity index (χ3v) is 3.99. The molecule has 2 aromatic carbocycles. The van der Waals surface area contributed by atoms with E-state index in [0.717, 1.165) is 19.3 Å². The highest BCUT2D eigenvalue weighted by Crippen LogP contribution is 2.18. The molecule has 5 nitrogen and oxygen atoms in total. The second-order valence-corrected chi connectivity index (χ2v) is 6.16. The van der Waals surface area contributed by atoms with Crippen molar-refractivity contribution in [2.45, 2.75) is 32.6 Å². The van der Waals surface area contributed by atoms with Crippen LogP contribution >= 0.6 is 0 Å². The van der Waals surface area contributed by atoms with Crippen LogP contribution in [0.4, 0.5) is 10.1 Å². The first kappa shape index (κ1) is 20.4. The van der Waals surface area contributed by atoms with Crippen LogP contribution in [0.3, 0.4) is 0 Å². The van der Waals surface area contributed by atoms with Crippen LogP contribution in [0.15, 0.2) is 42.5 Å². The number of benzene rings is 2. The topological polar surface area (TPSA) is 64.6 Å². The molecule has 2 rings (SSSR count). The van der Waals surface area contributed by atoms with E-state index in [1.165, 1.54) is 24.8 Å². The first-order valence-electron chi connectivity index (χ1n) is 8.88. The Morgan fingerprint density at radius 2 is 1.78 bits per heavy atom. The second-order valence-electron chi connectivity index (χ2n) is 6.16. The molecule has 0 fully saturated rings.